The normalized spacial score (nSPS) is 11.3. The third kappa shape index (κ3) is 6.63. The maximum absolute atomic E-state index is 2.37. The highest BCUT2D eigenvalue weighted by Crippen LogP contribution is 2.42. The van der Waals surface area contributed by atoms with Crippen LogP contribution in [0.5, 0.6) is 0 Å². The molecule has 0 aliphatic carbocycles. The fourth-order valence-corrected chi connectivity index (χ4v) is 9.84. The first-order chi connectivity index (χ1) is 29.7. The first-order valence-electron chi connectivity index (χ1n) is 20.5. The summed E-state index contributed by atoms with van der Waals surface area (Å²) in [4.78, 5) is 2.37. The van der Waals surface area contributed by atoms with Crippen molar-refractivity contribution in [3.63, 3.8) is 0 Å². The molecule has 0 radical (unpaired) electrons. The van der Waals surface area contributed by atoms with E-state index in [4.69, 9.17) is 0 Å². The topological polar surface area (TPSA) is 3.24 Å². The second kappa shape index (κ2) is 15.3. The summed E-state index contributed by atoms with van der Waals surface area (Å²) >= 11 is 1.86. The molecular formula is C58H39NS. The van der Waals surface area contributed by atoms with Crippen LogP contribution in [0.2, 0.25) is 0 Å². The summed E-state index contributed by atoms with van der Waals surface area (Å²) in [5.41, 5.74) is 15.4. The van der Waals surface area contributed by atoms with E-state index in [1.54, 1.807) is 0 Å². The molecule has 0 bridgehead atoms. The maximum Gasteiger partial charge on any atom is 0.0462 e. The van der Waals surface area contributed by atoms with Gasteiger partial charge in [-0.25, -0.2) is 0 Å². The van der Waals surface area contributed by atoms with Gasteiger partial charge in [-0.1, -0.05) is 176 Å². The lowest BCUT2D eigenvalue weighted by atomic mass is 9.95. The zero-order valence-corrected chi connectivity index (χ0v) is 33.7. The first kappa shape index (κ1) is 35.6. The Balaban J connectivity index is 0.966. The van der Waals surface area contributed by atoms with Gasteiger partial charge in [0.25, 0.3) is 0 Å². The molecule has 0 amide bonds. The third-order valence-electron chi connectivity index (χ3n) is 11.7. The molecule has 0 fully saturated rings. The molecule has 1 heterocycles. The molecular weight excluding hydrogens is 743 g/mol. The van der Waals surface area contributed by atoms with E-state index in [1.807, 2.05) is 11.3 Å². The van der Waals surface area contributed by atoms with Crippen LogP contribution in [0.25, 0.3) is 86.6 Å². The van der Waals surface area contributed by atoms with E-state index < -0.39 is 0 Å². The summed E-state index contributed by atoms with van der Waals surface area (Å²) in [6.07, 6.45) is 0. The number of rotatable bonds is 8. The highest BCUT2D eigenvalue weighted by atomic mass is 32.1. The van der Waals surface area contributed by atoms with E-state index in [1.165, 1.54) is 86.6 Å². The van der Waals surface area contributed by atoms with Gasteiger partial charge in [0.05, 0.1) is 0 Å². The highest BCUT2D eigenvalue weighted by Gasteiger charge is 2.16. The molecule has 282 valence electrons. The van der Waals surface area contributed by atoms with E-state index in [2.05, 4.69) is 241 Å². The maximum atomic E-state index is 2.37. The zero-order valence-electron chi connectivity index (χ0n) is 32.9. The van der Waals surface area contributed by atoms with E-state index in [0.29, 0.717) is 0 Å². The number of hydrogen-bond donors (Lipinski definition) is 0. The van der Waals surface area contributed by atoms with Gasteiger partial charge in [0, 0.05) is 37.2 Å². The van der Waals surface area contributed by atoms with Crippen molar-refractivity contribution in [2.45, 2.75) is 0 Å². The molecule has 1 aromatic heterocycles. The van der Waals surface area contributed by atoms with Crippen LogP contribution in [0.15, 0.2) is 237 Å². The predicted molar refractivity (Wildman–Crippen MR) is 259 cm³/mol. The number of hydrogen-bond acceptors (Lipinski definition) is 2. The van der Waals surface area contributed by atoms with Crippen molar-refractivity contribution in [2.75, 3.05) is 4.90 Å². The number of thiophene rings is 1. The second-order valence-corrected chi connectivity index (χ2v) is 16.4. The van der Waals surface area contributed by atoms with E-state index in [-0.39, 0.29) is 0 Å². The van der Waals surface area contributed by atoms with Crippen LogP contribution in [-0.2, 0) is 0 Å². The molecule has 2 heteroatoms. The Kier molecular flexibility index (Phi) is 9.11. The molecule has 1 nitrogen and oxygen atoms in total. The first-order valence-corrected chi connectivity index (χ1v) is 21.3. The molecule has 10 aromatic carbocycles. The molecule has 0 unspecified atom stereocenters. The third-order valence-corrected chi connectivity index (χ3v) is 12.8. The standard InChI is InChI=1S/C58H39NS/c1-2-12-40(13-3-1)45-16-8-17-46(38-45)41-26-32-49(33-27-41)59(51-36-30-44(31-37-51)54-23-11-25-57-58(54)55-21-6-7-24-56(55)60-57)50-34-28-42(29-35-50)47-18-9-19-48(39-47)53-22-10-15-43-14-4-5-20-52(43)53/h1-39H. The summed E-state index contributed by atoms with van der Waals surface area (Å²) in [6.45, 7) is 0. The van der Waals surface area contributed by atoms with Crippen LogP contribution in [0.4, 0.5) is 17.1 Å². The van der Waals surface area contributed by atoms with Gasteiger partial charge < -0.3 is 4.90 Å². The Labute approximate surface area is 354 Å². The van der Waals surface area contributed by atoms with Crippen LogP contribution in [-0.4, -0.2) is 0 Å². The minimum Gasteiger partial charge on any atom is -0.311 e. The van der Waals surface area contributed by atoms with Crippen molar-refractivity contribution in [3.05, 3.63) is 237 Å². The number of fused-ring (bicyclic) bond motifs is 4. The van der Waals surface area contributed by atoms with Gasteiger partial charge in [0.15, 0.2) is 0 Å². The van der Waals surface area contributed by atoms with Crippen molar-refractivity contribution in [2.24, 2.45) is 0 Å². The van der Waals surface area contributed by atoms with E-state index in [0.717, 1.165) is 17.1 Å². The lowest BCUT2D eigenvalue weighted by Crippen LogP contribution is -2.09. The summed E-state index contributed by atoms with van der Waals surface area (Å²) in [6, 6.07) is 86.0. The summed E-state index contributed by atoms with van der Waals surface area (Å²) in [5, 5.41) is 5.17. The minimum atomic E-state index is 1.10. The second-order valence-electron chi connectivity index (χ2n) is 15.3. The van der Waals surface area contributed by atoms with E-state index >= 15 is 0 Å². The van der Waals surface area contributed by atoms with Crippen molar-refractivity contribution >= 4 is 59.3 Å². The molecule has 11 aromatic rings. The Hall–Kier alpha value is -7.52. The van der Waals surface area contributed by atoms with Crippen LogP contribution in [0.3, 0.4) is 0 Å². The van der Waals surface area contributed by atoms with Gasteiger partial charge in [-0.15, -0.1) is 11.3 Å². The molecule has 0 saturated carbocycles. The fourth-order valence-electron chi connectivity index (χ4n) is 8.71. The SMILES string of the molecule is c1ccc(-c2cccc(-c3ccc(N(c4ccc(-c5cccc(-c6cccc7ccccc67)c5)cc4)c4ccc(-c5cccc6sc7ccccc7c56)cc4)cc3)c2)cc1. The lowest BCUT2D eigenvalue weighted by molar-refractivity contribution is 1.28. The van der Waals surface area contributed by atoms with Crippen LogP contribution < -0.4 is 4.90 Å². The number of nitrogens with zero attached hydrogens (tertiary/aromatic N) is 1. The Bertz CT molecular complexity index is 3280. The van der Waals surface area contributed by atoms with Crippen molar-refractivity contribution in [3.8, 4) is 55.6 Å². The molecule has 0 aliphatic rings. The Morgan fingerprint density at radius 1 is 0.267 bits per heavy atom. The van der Waals surface area contributed by atoms with Gasteiger partial charge in [-0.05, 0) is 127 Å². The predicted octanol–water partition coefficient (Wildman–Crippen LogP) is 17.0. The lowest BCUT2D eigenvalue weighted by Gasteiger charge is -2.26. The molecule has 0 N–H and O–H groups in total. The molecule has 60 heavy (non-hydrogen) atoms. The van der Waals surface area contributed by atoms with Crippen molar-refractivity contribution in [1.29, 1.82) is 0 Å². The quantitative estimate of drug-likeness (QED) is 0.148. The van der Waals surface area contributed by atoms with Gasteiger partial charge in [-0.2, -0.15) is 0 Å². The molecule has 0 atom stereocenters. The zero-order chi connectivity index (χ0) is 39.8. The Morgan fingerprint density at radius 2 is 0.700 bits per heavy atom. The smallest absolute Gasteiger partial charge is 0.0462 e. The average molecular weight is 782 g/mol. The van der Waals surface area contributed by atoms with Gasteiger partial charge in [0.1, 0.15) is 0 Å². The number of anilines is 3. The summed E-state index contributed by atoms with van der Waals surface area (Å²) in [7, 11) is 0. The van der Waals surface area contributed by atoms with Crippen LogP contribution in [0, 0.1) is 0 Å². The number of benzene rings is 10. The van der Waals surface area contributed by atoms with Gasteiger partial charge >= 0.3 is 0 Å². The molecule has 0 saturated heterocycles. The largest absolute Gasteiger partial charge is 0.311 e. The van der Waals surface area contributed by atoms with Gasteiger partial charge in [0.2, 0.25) is 0 Å². The van der Waals surface area contributed by atoms with Crippen LogP contribution >= 0.6 is 11.3 Å². The van der Waals surface area contributed by atoms with Crippen molar-refractivity contribution in [1.82, 2.24) is 0 Å². The van der Waals surface area contributed by atoms with Crippen LogP contribution in [0.1, 0.15) is 0 Å². The van der Waals surface area contributed by atoms with E-state index in [9.17, 15) is 0 Å². The highest BCUT2D eigenvalue weighted by molar-refractivity contribution is 7.25. The summed E-state index contributed by atoms with van der Waals surface area (Å²) in [5.74, 6) is 0. The van der Waals surface area contributed by atoms with Gasteiger partial charge in [-0.3, -0.25) is 0 Å². The molecule has 0 spiro atoms. The molecule has 0 aliphatic heterocycles. The minimum absolute atomic E-state index is 1.10. The Morgan fingerprint density at radius 3 is 1.37 bits per heavy atom. The van der Waals surface area contributed by atoms with Crippen molar-refractivity contribution < 1.29 is 0 Å². The monoisotopic (exact) mass is 781 g/mol. The molecule has 11 rings (SSSR count). The fraction of sp³-hybridized carbons (Fsp3) is 0. The summed E-state index contributed by atoms with van der Waals surface area (Å²) < 4.78 is 2.64. The average Bonchev–Trinajstić information content (AvgIpc) is 3.72.